The number of hydrogen-bond acceptors (Lipinski definition) is 11. The van der Waals surface area contributed by atoms with Crippen LogP contribution in [-0.2, 0) is 49.3 Å². The number of azide groups is 1. The van der Waals surface area contributed by atoms with E-state index in [1.807, 2.05) is 44.2 Å². The molecular formula is C105H160N4O10. The SMILES string of the molecule is CC(=O)[C@]12CCC(C)(C)CC1C1=CCC3C4(C)CC[C@H](O[C@@H]5OC(CN=[N+]=[N-])[C@@H](C)[C@H](C)C5C)C(C)(C=O)[C@@H]4CC[C@@]3(C)[C@]1(C)CC2C.CC(=O)[C@]12CCC(C)(C)CC1C1=CCC3C4(C)CC[C@H](O[C@@H]5OC(CNC(=O)CCCCCCCCCCc6ccc(Oc7ccccc7)cc6)[C@@H](C)[C@H](C)C5C)C(C)(C=O)[C@@H]4CC[C@@]3(C)[C@]1(C)CC2C. The molecule has 1 N–H and O–H groups in total. The molecule has 0 aromatic heterocycles. The molecule has 1 amide bonds. The van der Waals surface area contributed by atoms with Crippen LogP contribution in [0, 0.1) is 148 Å². The van der Waals surface area contributed by atoms with Crippen LogP contribution in [0.15, 0.2) is 83.0 Å². The van der Waals surface area contributed by atoms with E-state index in [1.165, 1.54) is 56.7 Å². The lowest BCUT2D eigenvalue weighted by Crippen LogP contribution is -2.67. The fourth-order valence-corrected chi connectivity index (χ4v) is 30.7. The molecule has 10 aliphatic carbocycles. The van der Waals surface area contributed by atoms with Crippen LogP contribution in [0.25, 0.3) is 10.4 Å². The molecule has 12 aliphatic rings. The van der Waals surface area contributed by atoms with Crippen molar-refractivity contribution in [1.82, 2.24) is 5.32 Å². The van der Waals surface area contributed by atoms with Gasteiger partial charge >= 0.3 is 0 Å². The summed E-state index contributed by atoms with van der Waals surface area (Å²) < 4.78 is 33.4. The number of ether oxygens (including phenoxy) is 5. The molecule has 660 valence electrons. The Bertz CT molecular complexity index is 4070. The number of hydrogen-bond donors (Lipinski definition) is 1. The number of para-hydroxylation sites is 1. The van der Waals surface area contributed by atoms with Crippen molar-refractivity contribution in [2.45, 2.75) is 369 Å². The number of carbonyl (C=O) groups excluding carboxylic acids is 5. The van der Waals surface area contributed by atoms with Crippen LogP contribution in [0.5, 0.6) is 11.5 Å². The van der Waals surface area contributed by atoms with Crippen LogP contribution in [0.3, 0.4) is 0 Å². The lowest BCUT2D eigenvalue weighted by Gasteiger charge is -2.72. The summed E-state index contributed by atoms with van der Waals surface area (Å²) in [6, 6.07) is 18.4. The Hall–Kier alpha value is -4.98. The number of aldehydes is 2. The third kappa shape index (κ3) is 16.0. The number of rotatable bonds is 25. The maximum Gasteiger partial charge on any atom is 0.220 e. The summed E-state index contributed by atoms with van der Waals surface area (Å²) in [5.41, 5.74) is 12.5. The topological polar surface area (TPSA) is 192 Å². The number of amides is 1. The van der Waals surface area contributed by atoms with Crippen molar-refractivity contribution in [3.8, 4) is 11.5 Å². The quantitative estimate of drug-likeness (QED) is 0.0190. The first-order chi connectivity index (χ1) is 56.1. The predicted molar refractivity (Wildman–Crippen MR) is 477 cm³/mol. The summed E-state index contributed by atoms with van der Waals surface area (Å²) in [6.07, 6.45) is 35.8. The number of aryl methyl sites for hydroxylation is 1. The molecule has 2 saturated heterocycles. The van der Waals surface area contributed by atoms with Gasteiger partial charge in [-0.2, -0.15) is 0 Å². The highest BCUT2D eigenvalue weighted by atomic mass is 16.7. The van der Waals surface area contributed by atoms with Crippen molar-refractivity contribution in [3.05, 3.63) is 93.9 Å². The number of carbonyl (C=O) groups is 5. The zero-order chi connectivity index (χ0) is 86.2. The minimum absolute atomic E-state index is 0.00261. The summed E-state index contributed by atoms with van der Waals surface area (Å²) in [7, 11) is 0. The van der Waals surface area contributed by atoms with Gasteiger partial charge in [-0.05, 0) is 298 Å². The lowest BCUT2D eigenvalue weighted by molar-refractivity contribution is -0.293. The number of nitrogens with zero attached hydrogens (tertiary/aromatic N) is 3. The molecule has 8 saturated carbocycles. The molecular weight excluding hydrogens is 1480 g/mol. The summed E-state index contributed by atoms with van der Waals surface area (Å²) in [6.45, 7) is 52.2. The van der Waals surface area contributed by atoms with E-state index in [4.69, 9.17) is 29.2 Å². The first kappa shape index (κ1) is 91.7. The van der Waals surface area contributed by atoms with Gasteiger partial charge in [0.25, 0.3) is 0 Å². The predicted octanol–water partition coefficient (Wildman–Crippen LogP) is 25.6. The van der Waals surface area contributed by atoms with E-state index < -0.39 is 23.4 Å². The average molecular weight is 1640 g/mol. The van der Waals surface area contributed by atoms with Gasteiger partial charge in [-0.3, -0.25) is 14.4 Å². The van der Waals surface area contributed by atoms with Gasteiger partial charge in [-0.1, -0.05) is 236 Å². The van der Waals surface area contributed by atoms with Gasteiger partial charge in [0.1, 0.15) is 35.6 Å². The van der Waals surface area contributed by atoms with Crippen LogP contribution in [0.4, 0.5) is 0 Å². The van der Waals surface area contributed by atoms with Crippen LogP contribution in [0.1, 0.15) is 331 Å². The van der Waals surface area contributed by atoms with E-state index in [-0.39, 0.29) is 120 Å². The van der Waals surface area contributed by atoms with Crippen LogP contribution < -0.4 is 10.1 Å². The number of nitrogens with one attached hydrogen (secondary N) is 1. The van der Waals surface area contributed by atoms with Crippen LogP contribution in [0.2, 0.25) is 0 Å². The minimum Gasteiger partial charge on any atom is -0.457 e. The van der Waals surface area contributed by atoms with Crippen molar-refractivity contribution in [2.75, 3.05) is 13.1 Å². The van der Waals surface area contributed by atoms with E-state index in [9.17, 15) is 24.0 Å². The van der Waals surface area contributed by atoms with Gasteiger partial charge < -0.3 is 38.6 Å². The fraction of sp³-hybridized carbons (Fsp3) is 0.800. The van der Waals surface area contributed by atoms with Crippen molar-refractivity contribution in [3.63, 3.8) is 0 Å². The number of benzene rings is 2. The number of fused-ring (bicyclic) bond motifs is 14. The van der Waals surface area contributed by atoms with Crippen molar-refractivity contribution < 1.29 is 47.7 Å². The number of unbranched alkanes of at least 4 members (excludes halogenated alkanes) is 7. The molecule has 10 fully saturated rings. The van der Waals surface area contributed by atoms with Crippen molar-refractivity contribution in [1.29, 1.82) is 0 Å². The number of ketones is 2. The Morgan fingerprint density at radius 3 is 1.37 bits per heavy atom. The summed E-state index contributed by atoms with van der Waals surface area (Å²) >= 11 is 0. The van der Waals surface area contributed by atoms with E-state index in [0.29, 0.717) is 78.4 Å². The molecule has 0 radical (unpaired) electrons. The van der Waals surface area contributed by atoms with Crippen molar-refractivity contribution >= 4 is 30.0 Å². The third-order valence-corrected chi connectivity index (χ3v) is 39.2. The van der Waals surface area contributed by atoms with Crippen LogP contribution >= 0.6 is 0 Å². The number of allylic oxidation sites excluding steroid dienone is 4. The molecule has 14 rings (SSSR count). The number of Topliss-reactive ketones (excluding diaryl/α,β-unsaturated/α-hetero) is 2. The molecule has 30 atom stereocenters. The normalized spacial score (nSPS) is 44.8. The molecule has 2 aromatic carbocycles. The Kier molecular flexibility index (Phi) is 26.8. The zero-order valence-electron chi connectivity index (χ0n) is 78.2. The fourth-order valence-electron chi connectivity index (χ4n) is 30.7. The second kappa shape index (κ2) is 34.8. The van der Waals surface area contributed by atoms with Gasteiger partial charge in [0.05, 0.1) is 41.8 Å². The molecule has 0 spiro atoms. The minimum atomic E-state index is -0.636. The maximum absolute atomic E-state index is 13.8. The highest BCUT2D eigenvalue weighted by Gasteiger charge is 2.74. The zero-order valence-corrected chi connectivity index (χ0v) is 78.2. The third-order valence-electron chi connectivity index (χ3n) is 39.2. The van der Waals surface area contributed by atoms with Gasteiger partial charge in [-0.25, -0.2) is 0 Å². The second-order valence-corrected chi connectivity index (χ2v) is 46.0. The molecule has 2 aromatic rings. The highest BCUT2D eigenvalue weighted by molar-refractivity contribution is 5.85. The monoisotopic (exact) mass is 1640 g/mol. The molecule has 14 heteroatoms. The van der Waals surface area contributed by atoms with Crippen molar-refractivity contribution in [2.24, 2.45) is 153 Å². The van der Waals surface area contributed by atoms with Gasteiger partial charge in [-0.15, -0.1) is 0 Å². The van der Waals surface area contributed by atoms with Gasteiger partial charge in [0, 0.05) is 40.5 Å². The molecule has 2 heterocycles. The molecule has 119 heavy (non-hydrogen) atoms. The Labute approximate surface area is 719 Å². The molecule has 2 aliphatic heterocycles. The Morgan fingerprint density at radius 2 is 0.924 bits per heavy atom. The standard InChI is InChI=1S/C64H95NO6.C41H65N3O4/c1-43-39-63(11)51(52-40-59(6,7)37-38-64(43,52)47(5)67)31-32-55-60(8)35-34-56(61(9,42-66)54(60)33-36-62(55,63)10)71-58-46(4)44(2)45(3)53(70-58)41-65-57(68)26-22-17-15-13-12-14-16-19-23-48-27-29-50(30-28-48)69-49-24-20-18-21-25-49;1-24-20-40(11)29(30-21-36(6,7)18-19-41(24,30)28(5)46)12-13-33-37(8)16-15-34(38(9,23-45)32(37)14-17-39(33,40)10)48-35-27(4)25(2)26(3)31(47-35)22-43-44-42/h18,20-21,24-25,27-31,42-46,52-56,58H,12-17,19,22-23,26,32-41H2,1-11H3,(H,65,68);12,23-27,30-35H,13-22H2,1-11H3/t43?,44-,45-,46?,52?,53?,54+,55?,56-,58-,60?,61?,62+,63+,64+;24?,25-,26-,27?,30?,31?,32+,33?,34-,35-,37?,38?,39+,40+,41+/m00/s1. The summed E-state index contributed by atoms with van der Waals surface area (Å²) in [4.78, 5) is 70.7. The first-order valence-corrected chi connectivity index (χ1v) is 48.2. The second-order valence-electron chi connectivity index (χ2n) is 46.0. The maximum atomic E-state index is 13.8. The smallest absolute Gasteiger partial charge is 0.220 e. The highest BCUT2D eigenvalue weighted by Crippen LogP contribution is 2.79. The average Bonchev–Trinajstić information content (AvgIpc) is 0.674. The van der Waals surface area contributed by atoms with E-state index in [2.05, 4.69) is 190 Å². The van der Waals surface area contributed by atoms with E-state index in [1.54, 1.807) is 11.1 Å². The van der Waals surface area contributed by atoms with Crippen LogP contribution in [-0.4, -0.2) is 80.1 Å². The first-order valence-electron chi connectivity index (χ1n) is 48.2. The largest absolute Gasteiger partial charge is 0.457 e. The Morgan fingerprint density at radius 1 is 0.496 bits per heavy atom. The van der Waals surface area contributed by atoms with Gasteiger partial charge in [0.2, 0.25) is 5.91 Å². The summed E-state index contributed by atoms with van der Waals surface area (Å²) in [5.74, 6) is 6.88. The summed E-state index contributed by atoms with van der Waals surface area (Å²) in [5, 5.41) is 7.09. The van der Waals surface area contributed by atoms with Gasteiger partial charge in [0.15, 0.2) is 12.6 Å². The molecule has 14 unspecified atom stereocenters. The lowest BCUT2D eigenvalue weighted by atomic mass is 9.32. The van der Waals surface area contributed by atoms with E-state index >= 15 is 0 Å². The molecule has 14 nitrogen and oxygen atoms in total. The Balaban J connectivity index is 0.000000222. The molecule has 0 bridgehead atoms. The van der Waals surface area contributed by atoms with E-state index in [0.717, 1.165) is 146 Å².